The van der Waals surface area contributed by atoms with Gasteiger partial charge in [-0.05, 0) is 30.5 Å². The molecule has 3 aromatic rings. The molecular weight excluding hydrogens is 372 g/mol. The van der Waals surface area contributed by atoms with Crippen molar-refractivity contribution in [3.05, 3.63) is 35.7 Å². The molecule has 2 N–H and O–H groups in total. The van der Waals surface area contributed by atoms with Crippen molar-refractivity contribution in [1.82, 2.24) is 15.2 Å². The lowest BCUT2D eigenvalue weighted by molar-refractivity contribution is -0.115. The average Bonchev–Trinajstić information content (AvgIpc) is 3.33. The number of aromatic amines is 1. The van der Waals surface area contributed by atoms with Crippen LogP contribution in [0.1, 0.15) is 6.92 Å². The molecular formula is C17H16N4O3S2. The Balaban J connectivity index is 1.39. The fraction of sp³-hybridized carbons (Fsp3) is 0.235. The van der Waals surface area contributed by atoms with Gasteiger partial charge in [0.1, 0.15) is 13.2 Å². The number of aromatic nitrogens is 3. The van der Waals surface area contributed by atoms with Crippen molar-refractivity contribution in [2.24, 2.45) is 0 Å². The smallest absolute Gasteiger partial charge is 0.237 e. The Hall–Kier alpha value is -2.52. The summed E-state index contributed by atoms with van der Waals surface area (Å²) < 4.78 is 11.0. The van der Waals surface area contributed by atoms with Crippen LogP contribution < -0.4 is 14.8 Å². The Morgan fingerprint density at radius 3 is 2.96 bits per heavy atom. The van der Waals surface area contributed by atoms with Gasteiger partial charge in [-0.1, -0.05) is 17.8 Å². The molecule has 2 aromatic heterocycles. The van der Waals surface area contributed by atoms with E-state index in [1.807, 2.05) is 24.4 Å². The molecule has 9 heteroatoms. The van der Waals surface area contributed by atoms with Gasteiger partial charge in [-0.2, -0.15) is 0 Å². The molecule has 1 aromatic carbocycles. The largest absolute Gasteiger partial charge is 0.486 e. The second kappa shape index (κ2) is 7.38. The molecule has 0 bridgehead atoms. The Labute approximate surface area is 158 Å². The van der Waals surface area contributed by atoms with Crippen molar-refractivity contribution in [3.8, 4) is 22.2 Å². The number of nitrogens with one attached hydrogen (secondary N) is 2. The molecule has 134 valence electrons. The topological polar surface area (TPSA) is 89.1 Å². The van der Waals surface area contributed by atoms with Crippen LogP contribution in [0.5, 0.6) is 11.5 Å². The summed E-state index contributed by atoms with van der Waals surface area (Å²) in [6, 6.07) is 9.29. The Kier molecular flexibility index (Phi) is 4.81. The van der Waals surface area contributed by atoms with Gasteiger partial charge in [0.15, 0.2) is 17.3 Å². The van der Waals surface area contributed by atoms with E-state index in [1.165, 1.54) is 11.8 Å². The number of rotatable bonds is 5. The predicted octanol–water partition coefficient (Wildman–Crippen LogP) is 3.42. The zero-order chi connectivity index (χ0) is 17.9. The van der Waals surface area contributed by atoms with Crippen LogP contribution in [0.15, 0.2) is 40.9 Å². The van der Waals surface area contributed by atoms with Crippen molar-refractivity contribution < 1.29 is 14.3 Å². The van der Waals surface area contributed by atoms with E-state index < -0.39 is 0 Å². The number of nitrogens with zero attached hydrogens (tertiary/aromatic N) is 2. The van der Waals surface area contributed by atoms with Crippen molar-refractivity contribution in [2.45, 2.75) is 17.3 Å². The van der Waals surface area contributed by atoms with Crippen LogP contribution >= 0.6 is 23.1 Å². The first-order chi connectivity index (χ1) is 12.7. The number of thiophene rings is 1. The van der Waals surface area contributed by atoms with E-state index in [1.54, 1.807) is 29.5 Å². The molecule has 0 aliphatic carbocycles. The van der Waals surface area contributed by atoms with Crippen LogP contribution in [0.2, 0.25) is 0 Å². The molecule has 1 amide bonds. The lowest BCUT2D eigenvalue weighted by atomic mass is 10.2. The maximum atomic E-state index is 12.5. The standard InChI is InChI=1S/C17H16N4O3S2/c1-10(26-17-19-15(20-21-17)14-3-2-8-25-14)16(22)18-11-4-5-12-13(9-11)24-7-6-23-12/h2-5,8-10H,6-7H2,1H3,(H,18,22)(H,19,20,21)/t10-/m1/s1. The maximum absolute atomic E-state index is 12.5. The molecule has 0 saturated carbocycles. The van der Waals surface area contributed by atoms with Crippen LogP contribution in [0, 0.1) is 0 Å². The summed E-state index contributed by atoms with van der Waals surface area (Å²) in [5.74, 6) is 1.92. The quantitative estimate of drug-likeness (QED) is 0.651. The van der Waals surface area contributed by atoms with Gasteiger partial charge < -0.3 is 14.8 Å². The monoisotopic (exact) mass is 388 g/mol. The maximum Gasteiger partial charge on any atom is 0.237 e. The second-order valence-corrected chi connectivity index (χ2v) is 7.81. The SMILES string of the molecule is C[C@@H](Sc1n[nH]c(-c2cccs2)n1)C(=O)Nc1ccc2c(c1)OCCO2. The third-order valence-electron chi connectivity index (χ3n) is 3.68. The first kappa shape index (κ1) is 16.9. The molecule has 1 aliphatic heterocycles. The van der Waals surface area contributed by atoms with Crippen molar-refractivity contribution in [1.29, 1.82) is 0 Å². The lowest BCUT2D eigenvalue weighted by Gasteiger charge is -2.19. The molecule has 1 aliphatic rings. The number of anilines is 1. The number of carbonyl (C=O) groups is 1. The van der Waals surface area contributed by atoms with E-state index in [0.717, 1.165) is 4.88 Å². The van der Waals surface area contributed by atoms with Gasteiger partial charge >= 0.3 is 0 Å². The Bertz CT molecular complexity index is 911. The minimum Gasteiger partial charge on any atom is -0.486 e. The molecule has 0 fully saturated rings. The highest BCUT2D eigenvalue weighted by Gasteiger charge is 2.19. The third-order valence-corrected chi connectivity index (χ3v) is 5.52. The fourth-order valence-electron chi connectivity index (χ4n) is 2.40. The number of hydrogen-bond donors (Lipinski definition) is 2. The summed E-state index contributed by atoms with van der Waals surface area (Å²) in [5.41, 5.74) is 0.668. The van der Waals surface area contributed by atoms with Crippen molar-refractivity contribution >= 4 is 34.7 Å². The number of fused-ring (bicyclic) bond motifs is 1. The van der Waals surface area contributed by atoms with E-state index >= 15 is 0 Å². The number of amides is 1. The number of H-pyrrole nitrogens is 1. The summed E-state index contributed by atoms with van der Waals surface area (Å²) in [4.78, 5) is 17.9. The van der Waals surface area contributed by atoms with Crippen LogP contribution in [-0.2, 0) is 4.79 Å². The third kappa shape index (κ3) is 3.68. The summed E-state index contributed by atoms with van der Waals surface area (Å²) in [6.07, 6.45) is 0. The summed E-state index contributed by atoms with van der Waals surface area (Å²) in [6.45, 7) is 2.86. The highest BCUT2D eigenvalue weighted by molar-refractivity contribution is 8.00. The molecule has 0 unspecified atom stereocenters. The molecule has 0 saturated heterocycles. The van der Waals surface area contributed by atoms with Gasteiger partial charge in [0.05, 0.1) is 10.1 Å². The van der Waals surface area contributed by atoms with Gasteiger partial charge in [-0.15, -0.1) is 16.4 Å². The number of hydrogen-bond acceptors (Lipinski definition) is 7. The van der Waals surface area contributed by atoms with Crippen LogP contribution in [-0.4, -0.2) is 39.6 Å². The van der Waals surface area contributed by atoms with Crippen molar-refractivity contribution in [2.75, 3.05) is 18.5 Å². The molecule has 7 nitrogen and oxygen atoms in total. The van der Waals surface area contributed by atoms with Gasteiger partial charge in [-0.25, -0.2) is 4.98 Å². The van der Waals surface area contributed by atoms with Gasteiger partial charge in [0, 0.05) is 11.8 Å². The van der Waals surface area contributed by atoms with Crippen LogP contribution in [0.4, 0.5) is 5.69 Å². The first-order valence-corrected chi connectivity index (χ1v) is 9.78. The van der Waals surface area contributed by atoms with E-state index in [0.29, 0.717) is 41.4 Å². The van der Waals surface area contributed by atoms with Crippen LogP contribution in [0.3, 0.4) is 0 Å². The number of benzene rings is 1. The van der Waals surface area contributed by atoms with Gasteiger partial charge in [0.25, 0.3) is 0 Å². The fourth-order valence-corrected chi connectivity index (χ4v) is 3.79. The molecule has 3 heterocycles. The van der Waals surface area contributed by atoms with E-state index in [-0.39, 0.29) is 11.2 Å². The normalized spacial score (nSPS) is 14.0. The summed E-state index contributed by atoms with van der Waals surface area (Å²) in [5, 5.41) is 12.1. The number of thioether (sulfide) groups is 1. The van der Waals surface area contributed by atoms with Crippen LogP contribution in [0.25, 0.3) is 10.7 Å². The number of ether oxygens (including phenoxy) is 2. The predicted molar refractivity (Wildman–Crippen MR) is 101 cm³/mol. The average molecular weight is 388 g/mol. The Morgan fingerprint density at radius 1 is 1.31 bits per heavy atom. The molecule has 0 radical (unpaired) electrons. The van der Waals surface area contributed by atoms with E-state index in [4.69, 9.17) is 9.47 Å². The van der Waals surface area contributed by atoms with E-state index in [9.17, 15) is 4.79 Å². The number of carbonyl (C=O) groups excluding carboxylic acids is 1. The van der Waals surface area contributed by atoms with Gasteiger partial charge in [-0.3, -0.25) is 9.89 Å². The first-order valence-electron chi connectivity index (χ1n) is 8.02. The molecule has 0 spiro atoms. The summed E-state index contributed by atoms with van der Waals surface area (Å²) >= 11 is 2.88. The van der Waals surface area contributed by atoms with Gasteiger partial charge in [0.2, 0.25) is 11.1 Å². The van der Waals surface area contributed by atoms with Crippen molar-refractivity contribution in [3.63, 3.8) is 0 Å². The Morgan fingerprint density at radius 2 is 2.15 bits per heavy atom. The lowest BCUT2D eigenvalue weighted by Crippen LogP contribution is -2.23. The molecule has 26 heavy (non-hydrogen) atoms. The zero-order valence-corrected chi connectivity index (χ0v) is 15.5. The minimum absolute atomic E-state index is 0.130. The second-order valence-electron chi connectivity index (χ2n) is 5.55. The highest BCUT2D eigenvalue weighted by atomic mass is 32.2. The molecule has 4 rings (SSSR count). The highest BCUT2D eigenvalue weighted by Crippen LogP contribution is 2.33. The summed E-state index contributed by atoms with van der Waals surface area (Å²) in [7, 11) is 0. The zero-order valence-electron chi connectivity index (χ0n) is 13.9. The minimum atomic E-state index is -0.352. The molecule has 1 atom stereocenters. The van der Waals surface area contributed by atoms with E-state index in [2.05, 4.69) is 20.5 Å².